The second-order valence-electron chi connectivity index (χ2n) is 8.35. The monoisotopic (exact) mass is 377 g/mol. The van der Waals surface area contributed by atoms with E-state index in [1.807, 2.05) is 32.9 Å². The van der Waals surface area contributed by atoms with Gasteiger partial charge in [0.15, 0.2) is 0 Å². The van der Waals surface area contributed by atoms with Gasteiger partial charge in [0.1, 0.15) is 5.60 Å². The molecule has 5 nitrogen and oxygen atoms in total. The molecule has 0 radical (unpaired) electrons. The lowest BCUT2D eigenvalue weighted by Gasteiger charge is -2.41. The largest absolute Gasteiger partial charge is 0.481 e. The van der Waals surface area contributed by atoms with E-state index in [9.17, 15) is 14.7 Å². The summed E-state index contributed by atoms with van der Waals surface area (Å²) in [6, 6.07) is 8.26. The van der Waals surface area contributed by atoms with Crippen LogP contribution in [0.5, 0.6) is 0 Å². The first kappa shape index (κ1) is 19.1. The Labute approximate surface area is 159 Å². The van der Waals surface area contributed by atoms with Crippen LogP contribution >= 0.6 is 11.8 Å². The van der Waals surface area contributed by atoms with Crippen molar-refractivity contribution in [1.29, 1.82) is 0 Å². The van der Waals surface area contributed by atoms with Crippen molar-refractivity contribution in [3.63, 3.8) is 0 Å². The van der Waals surface area contributed by atoms with Gasteiger partial charge in [0, 0.05) is 23.2 Å². The number of amides is 1. The predicted molar refractivity (Wildman–Crippen MR) is 102 cm³/mol. The number of benzene rings is 1. The van der Waals surface area contributed by atoms with Crippen LogP contribution in [0.2, 0.25) is 0 Å². The zero-order valence-corrected chi connectivity index (χ0v) is 16.5. The minimum Gasteiger partial charge on any atom is -0.481 e. The lowest BCUT2D eigenvalue weighted by Crippen LogP contribution is -2.52. The maximum absolute atomic E-state index is 12.4. The molecule has 0 saturated carbocycles. The molecule has 1 N–H and O–H groups in total. The highest BCUT2D eigenvalue weighted by Gasteiger charge is 2.46. The van der Waals surface area contributed by atoms with Gasteiger partial charge in [0.05, 0.1) is 5.41 Å². The zero-order valence-electron chi connectivity index (χ0n) is 15.7. The molecule has 2 aliphatic rings. The van der Waals surface area contributed by atoms with Crippen LogP contribution in [0.15, 0.2) is 29.2 Å². The maximum Gasteiger partial charge on any atom is 0.410 e. The van der Waals surface area contributed by atoms with Crippen molar-refractivity contribution in [3.8, 4) is 0 Å². The Kier molecular flexibility index (Phi) is 5.24. The number of hydrogen-bond donors (Lipinski definition) is 1. The van der Waals surface area contributed by atoms with E-state index in [0.29, 0.717) is 25.8 Å². The molecule has 1 saturated heterocycles. The van der Waals surface area contributed by atoms with Gasteiger partial charge in [-0.1, -0.05) is 18.2 Å². The van der Waals surface area contributed by atoms with Crippen LogP contribution in [-0.2, 0) is 16.0 Å². The van der Waals surface area contributed by atoms with Crippen LogP contribution in [0.4, 0.5) is 4.79 Å². The minimum atomic E-state index is -0.894. The first-order valence-electron chi connectivity index (χ1n) is 9.14. The number of carbonyl (C=O) groups is 2. The molecule has 142 valence electrons. The second kappa shape index (κ2) is 7.14. The van der Waals surface area contributed by atoms with E-state index in [1.54, 1.807) is 16.7 Å². The summed E-state index contributed by atoms with van der Waals surface area (Å²) >= 11 is 1.77. The molecule has 2 unspecified atom stereocenters. The highest BCUT2D eigenvalue weighted by molar-refractivity contribution is 8.00. The first-order valence-corrected chi connectivity index (χ1v) is 10.0. The van der Waals surface area contributed by atoms with Crippen LogP contribution < -0.4 is 0 Å². The summed E-state index contributed by atoms with van der Waals surface area (Å²) in [5, 5.41) is 10.2. The summed E-state index contributed by atoms with van der Waals surface area (Å²) in [5.74, 6) is -0.803. The summed E-state index contributed by atoms with van der Waals surface area (Å²) < 4.78 is 5.46. The molecule has 1 aromatic rings. The Morgan fingerprint density at radius 2 is 2.08 bits per heavy atom. The maximum atomic E-state index is 12.4. The number of aliphatic carboxylic acids is 1. The number of carboxylic acid groups (broad SMARTS) is 1. The molecule has 0 bridgehead atoms. The lowest BCUT2D eigenvalue weighted by molar-refractivity contribution is -0.152. The molecule has 1 amide bonds. The highest BCUT2D eigenvalue weighted by Crippen LogP contribution is 2.45. The molecule has 26 heavy (non-hydrogen) atoms. The number of nitrogens with zero attached hydrogens (tertiary/aromatic N) is 1. The van der Waals surface area contributed by atoms with Gasteiger partial charge in [0.2, 0.25) is 0 Å². The summed E-state index contributed by atoms with van der Waals surface area (Å²) in [6.07, 6.45) is 2.35. The Balaban J connectivity index is 1.72. The number of fused-ring (bicyclic) bond motifs is 1. The van der Waals surface area contributed by atoms with Crippen LogP contribution in [-0.4, -0.2) is 46.0 Å². The number of ether oxygens (including phenoxy) is 1. The Bertz CT molecular complexity index is 674. The molecular formula is C20H27NO4S. The molecule has 1 fully saturated rings. The molecular weight excluding hydrogens is 350 g/mol. The topological polar surface area (TPSA) is 66.8 Å². The van der Waals surface area contributed by atoms with Crippen molar-refractivity contribution < 1.29 is 19.4 Å². The summed E-state index contributed by atoms with van der Waals surface area (Å²) in [7, 11) is 0. The second-order valence-corrected chi connectivity index (χ2v) is 9.69. The Morgan fingerprint density at radius 1 is 1.35 bits per heavy atom. The van der Waals surface area contributed by atoms with Crippen molar-refractivity contribution in [2.75, 3.05) is 13.1 Å². The third kappa shape index (κ3) is 4.17. The lowest BCUT2D eigenvalue weighted by atomic mass is 9.75. The summed E-state index contributed by atoms with van der Waals surface area (Å²) in [6.45, 7) is 6.26. The molecule has 6 heteroatoms. The van der Waals surface area contributed by atoms with Crippen LogP contribution in [0.25, 0.3) is 0 Å². The van der Waals surface area contributed by atoms with E-state index in [4.69, 9.17) is 4.74 Å². The van der Waals surface area contributed by atoms with Gasteiger partial charge in [-0.25, -0.2) is 4.79 Å². The minimum absolute atomic E-state index is 0.227. The molecule has 0 spiro atoms. The van der Waals surface area contributed by atoms with Gasteiger partial charge < -0.3 is 14.7 Å². The van der Waals surface area contributed by atoms with Gasteiger partial charge in [-0.15, -0.1) is 11.8 Å². The third-order valence-corrected chi connectivity index (χ3v) is 6.33. The number of piperidine rings is 1. The van der Waals surface area contributed by atoms with E-state index in [0.717, 1.165) is 6.42 Å². The fraction of sp³-hybridized carbons (Fsp3) is 0.600. The standard InChI is InChI=1S/C20H27NO4S/c1-19(2,3)25-18(24)21-10-6-9-20(13-21,17(22)23)12-15-11-14-7-4-5-8-16(14)26-15/h4-5,7-8,15H,6,9-13H2,1-3H3,(H,22,23). The van der Waals surface area contributed by atoms with Gasteiger partial charge in [-0.05, 0) is 58.1 Å². The first-order chi connectivity index (χ1) is 12.2. The van der Waals surface area contributed by atoms with Crippen molar-refractivity contribution in [3.05, 3.63) is 29.8 Å². The average molecular weight is 378 g/mol. The van der Waals surface area contributed by atoms with Crippen molar-refractivity contribution >= 4 is 23.8 Å². The van der Waals surface area contributed by atoms with Crippen molar-refractivity contribution in [2.45, 2.75) is 62.2 Å². The van der Waals surface area contributed by atoms with E-state index < -0.39 is 23.1 Å². The van der Waals surface area contributed by atoms with Gasteiger partial charge in [0.25, 0.3) is 0 Å². The smallest absolute Gasteiger partial charge is 0.410 e. The van der Waals surface area contributed by atoms with Gasteiger partial charge >= 0.3 is 12.1 Å². The number of likely N-dealkylation sites (tertiary alicyclic amines) is 1. The molecule has 0 aromatic heterocycles. The van der Waals surface area contributed by atoms with Crippen LogP contribution in [0.1, 0.15) is 45.6 Å². The fourth-order valence-electron chi connectivity index (χ4n) is 3.85. The molecule has 2 atom stereocenters. The zero-order chi connectivity index (χ0) is 18.9. The van der Waals surface area contributed by atoms with E-state index >= 15 is 0 Å². The van der Waals surface area contributed by atoms with Gasteiger partial charge in [-0.3, -0.25) is 4.79 Å². The molecule has 2 aliphatic heterocycles. The molecule has 3 rings (SSSR count). The number of hydrogen-bond acceptors (Lipinski definition) is 4. The number of carbonyl (C=O) groups excluding carboxylic acids is 1. The normalized spacial score (nSPS) is 25.7. The SMILES string of the molecule is CC(C)(C)OC(=O)N1CCCC(CC2Cc3ccccc3S2)(C(=O)O)C1. The number of thioether (sulfide) groups is 1. The van der Waals surface area contributed by atoms with Crippen molar-refractivity contribution in [1.82, 2.24) is 4.90 Å². The highest BCUT2D eigenvalue weighted by atomic mass is 32.2. The summed E-state index contributed by atoms with van der Waals surface area (Å²) in [4.78, 5) is 27.5. The molecule has 1 aromatic carbocycles. The molecule has 0 aliphatic carbocycles. The summed E-state index contributed by atoms with van der Waals surface area (Å²) in [5.41, 5.74) is -0.180. The predicted octanol–water partition coefficient (Wildman–Crippen LogP) is 4.20. The number of rotatable bonds is 3. The molecule has 2 heterocycles. The van der Waals surface area contributed by atoms with Crippen LogP contribution in [0.3, 0.4) is 0 Å². The van der Waals surface area contributed by atoms with E-state index in [-0.39, 0.29) is 11.8 Å². The average Bonchev–Trinajstić information content (AvgIpc) is 2.95. The fourth-order valence-corrected chi connectivity index (χ4v) is 5.33. The Morgan fingerprint density at radius 3 is 2.73 bits per heavy atom. The van der Waals surface area contributed by atoms with Crippen LogP contribution in [0, 0.1) is 5.41 Å². The van der Waals surface area contributed by atoms with Crippen molar-refractivity contribution in [2.24, 2.45) is 5.41 Å². The Hall–Kier alpha value is -1.69. The van der Waals surface area contributed by atoms with E-state index in [2.05, 4.69) is 12.1 Å². The third-order valence-electron chi connectivity index (χ3n) is 5.01. The quantitative estimate of drug-likeness (QED) is 0.855. The van der Waals surface area contributed by atoms with Gasteiger partial charge in [-0.2, -0.15) is 0 Å². The number of carboxylic acids is 1. The van der Waals surface area contributed by atoms with E-state index in [1.165, 1.54) is 10.5 Å².